The molecular weight excluding hydrogens is 344 g/mol. The quantitative estimate of drug-likeness (QED) is 0.741. The van der Waals surface area contributed by atoms with Gasteiger partial charge < -0.3 is 20.9 Å². The minimum absolute atomic E-state index is 0.00891. The van der Waals surface area contributed by atoms with Crippen LogP contribution >= 0.6 is 0 Å². The molecule has 0 radical (unpaired) electrons. The van der Waals surface area contributed by atoms with Crippen LogP contribution in [-0.4, -0.2) is 47.9 Å². The summed E-state index contributed by atoms with van der Waals surface area (Å²) >= 11 is 0. The van der Waals surface area contributed by atoms with Crippen LogP contribution in [0.2, 0.25) is 0 Å². The van der Waals surface area contributed by atoms with Gasteiger partial charge in [0.1, 0.15) is 0 Å². The standard InChI is InChI=1S/C20H28N4O3/c1-13(2)19(26)24-11-9-17(10-12-24)21-18(25)14-3-5-15(6-4-14)22-20(27)23-16-7-8-16/h3-6,13,16-17H,7-12H2,1-2H3,(H,21,25)(H2,22,23,27). The van der Waals surface area contributed by atoms with Crippen LogP contribution in [0.3, 0.4) is 0 Å². The van der Waals surface area contributed by atoms with Crippen LogP contribution < -0.4 is 16.0 Å². The molecule has 146 valence electrons. The van der Waals surface area contributed by atoms with Gasteiger partial charge in [-0.05, 0) is 49.9 Å². The van der Waals surface area contributed by atoms with E-state index in [1.807, 2.05) is 18.7 Å². The van der Waals surface area contributed by atoms with E-state index < -0.39 is 0 Å². The van der Waals surface area contributed by atoms with Crippen LogP contribution in [0, 0.1) is 5.92 Å². The fraction of sp³-hybridized carbons (Fsp3) is 0.550. The van der Waals surface area contributed by atoms with E-state index in [1.54, 1.807) is 24.3 Å². The number of amides is 4. The Morgan fingerprint density at radius 2 is 1.52 bits per heavy atom. The molecule has 4 amide bonds. The highest BCUT2D eigenvalue weighted by Gasteiger charge is 2.25. The van der Waals surface area contributed by atoms with Crippen LogP contribution in [0.15, 0.2) is 24.3 Å². The molecule has 0 aromatic heterocycles. The van der Waals surface area contributed by atoms with Gasteiger partial charge in [-0.25, -0.2) is 4.79 Å². The first-order chi connectivity index (χ1) is 12.9. The number of benzene rings is 1. The highest BCUT2D eigenvalue weighted by atomic mass is 16.2. The zero-order chi connectivity index (χ0) is 19.4. The minimum atomic E-state index is -0.211. The van der Waals surface area contributed by atoms with Gasteiger partial charge in [0.2, 0.25) is 5.91 Å². The van der Waals surface area contributed by atoms with Gasteiger partial charge in [-0.2, -0.15) is 0 Å². The summed E-state index contributed by atoms with van der Waals surface area (Å²) in [4.78, 5) is 38.1. The van der Waals surface area contributed by atoms with Crippen molar-refractivity contribution < 1.29 is 14.4 Å². The third kappa shape index (κ3) is 5.45. The van der Waals surface area contributed by atoms with E-state index in [1.165, 1.54) is 0 Å². The molecule has 3 rings (SSSR count). The van der Waals surface area contributed by atoms with E-state index >= 15 is 0 Å². The van der Waals surface area contributed by atoms with Crippen molar-refractivity contribution in [1.82, 2.24) is 15.5 Å². The molecule has 1 aliphatic heterocycles. The van der Waals surface area contributed by atoms with E-state index in [9.17, 15) is 14.4 Å². The van der Waals surface area contributed by atoms with E-state index in [0.717, 1.165) is 25.7 Å². The summed E-state index contributed by atoms with van der Waals surface area (Å²) < 4.78 is 0. The number of nitrogens with zero attached hydrogens (tertiary/aromatic N) is 1. The minimum Gasteiger partial charge on any atom is -0.349 e. The third-order valence-electron chi connectivity index (χ3n) is 4.95. The molecular formula is C20H28N4O3. The largest absolute Gasteiger partial charge is 0.349 e. The molecule has 0 spiro atoms. The molecule has 27 heavy (non-hydrogen) atoms. The predicted molar refractivity (Wildman–Crippen MR) is 104 cm³/mol. The van der Waals surface area contributed by atoms with Crippen molar-refractivity contribution in [2.75, 3.05) is 18.4 Å². The highest BCUT2D eigenvalue weighted by molar-refractivity contribution is 5.95. The molecule has 0 bridgehead atoms. The van der Waals surface area contributed by atoms with Crippen molar-refractivity contribution in [3.8, 4) is 0 Å². The van der Waals surface area contributed by atoms with Gasteiger partial charge in [0.15, 0.2) is 0 Å². The lowest BCUT2D eigenvalue weighted by Crippen LogP contribution is -2.47. The Kier molecular flexibility index (Phi) is 5.98. The number of urea groups is 1. The molecule has 1 aromatic carbocycles. The average Bonchev–Trinajstić information content (AvgIpc) is 3.46. The Bertz CT molecular complexity index is 690. The van der Waals surface area contributed by atoms with E-state index in [0.29, 0.717) is 30.4 Å². The topological polar surface area (TPSA) is 90.5 Å². The SMILES string of the molecule is CC(C)C(=O)N1CCC(NC(=O)c2ccc(NC(=O)NC3CC3)cc2)CC1. The summed E-state index contributed by atoms with van der Waals surface area (Å²) in [5.41, 5.74) is 1.22. The van der Waals surface area contributed by atoms with Crippen LogP contribution in [0.4, 0.5) is 10.5 Å². The summed E-state index contributed by atoms with van der Waals surface area (Å²) in [6.07, 6.45) is 3.62. The Hall–Kier alpha value is -2.57. The number of anilines is 1. The highest BCUT2D eigenvalue weighted by Crippen LogP contribution is 2.19. The molecule has 1 aliphatic carbocycles. The number of likely N-dealkylation sites (tertiary alicyclic amines) is 1. The van der Waals surface area contributed by atoms with Gasteiger partial charge in [0.05, 0.1) is 0 Å². The van der Waals surface area contributed by atoms with Crippen molar-refractivity contribution in [3.63, 3.8) is 0 Å². The lowest BCUT2D eigenvalue weighted by molar-refractivity contribution is -0.135. The molecule has 7 nitrogen and oxygen atoms in total. The number of carbonyl (C=O) groups excluding carboxylic acids is 3. The monoisotopic (exact) mass is 372 g/mol. The van der Waals surface area contributed by atoms with Crippen LogP contribution in [-0.2, 0) is 4.79 Å². The van der Waals surface area contributed by atoms with Crippen molar-refractivity contribution in [1.29, 1.82) is 0 Å². The lowest BCUT2D eigenvalue weighted by Gasteiger charge is -2.33. The summed E-state index contributed by atoms with van der Waals surface area (Å²) in [5, 5.41) is 8.66. The Morgan fingerprint density at radius 1 is 0.926 bits per heavy atom. The Balaban J connectivity index is 1.45. The molecule has 2 fully saturated rings. The maximum absolute atomic E-state index is 12.4. The lowest BCUT2D eigenvalue weighted by atomic mass is 10.0. The smallest absolute Gasteiger partial charge is 0.319 e. The zero-order valence-electron chi connectivity index (χ0n) is 16.0. The fourth-order valence-corrected chi connectivity index (χ4v) is 3.16. The molecule has 7 heteroatoms. The van der Waals surface area contributed by atoms with Crippen LogP contribution in [0.1, 0.15) is 49.9 Å². The predicted octanol–water partition coefficient (Wildman–Crippen LogP) is 2.35. The fourth-order valence-electron chi connectivity index (χ4n) is 3.16. The zero-order valence-corrected chi connectivity index (χ0v) is 16.0. The number of piperidine rings is 1. The Morgan fingerprint density at radius 3 is 2.07 bits per heavy atom. The number of hydrogen-bond donors (Lipinski definition) is 3. The normalized spacial score (nSPS) is 17.5. The van der Waals surface area contributed by atoms with Gasteiger partial charge in [-0.15, -0.1) is 0 Å². The van der Waals surface area contributed by atoms with Crippen LogP contribution in [0.5, 0.6) is 0 Å². The van der Waals surface area contributed by atoms with Gasteiger partial charge in [-0.3, -0.25) is 9.59 Å². The van der Waals surface area contributed by atoms with Crippen molar-refractivity contribution >= 4 is 23.5 Å². The first kappa shape index (κ1) is 19.2. The average molecular weight is 372 g/mol. The number of nitrogens with one attached hydrogen (secondary N) is 3. The summed E-state index contributed by atoms with van der Waals surface area (Å²) in [5.74, 6) is 0.0563. The number of carbonyl (C=O) groups is 3. The third-order valence-corrected chi connectivity index (χ3v) is 4.95. The van der Waals surface area contributed by atoms with Gasteiger partial charge in [0.25, 0.3) is 5.91 Å². The number of rotatable bonds is 5. The molecule has 1 heterocycles. The molecule has 0 atom stereocenters. The summed E-state index contributed by atoms with van der Waals surface area (Å²) in [7, 11) is 0. The summed E-state index contributed by atoms with van der Waals surface area (Å²) in [6.45, 7) is 5.18. The van der Waals surface area contributed by atoms with Crippen molar-refractivity contribution in [2.45, 2.75) is 51.6 Å². The first-order valence-corrected chi connectivity index (χ1v) is 9.69. The van der Waals surface area contributed by atoms with Gasteiger partial charge in [0, 0.05) is 42.3 Å². The second-order valence-electron chi connectivity index (χ2n) is 7.68. The van der Waals surface area contributed by atoms with Gasteiger partial charge >= 0.3 is 6.03 Å². The van der Waals surface area contributed by atoms with Crippen LogP contribution in [0.25, 0.3) is 0 Å². The molecule has 1 saturated carbocycles. The maximum Gasteiger partial charge on any atom is 0.319 e. The van der Waals surface area contributed by atoms with Crippen molar-refractivity contribution in [2.24, 2.45) is 5.92 Å². The molecule has 3 N–H and O–H groups in total. The van der Waals surface area contributed by atoms with E-state index in [2.05, 4.69) is 16.0 Å². The second kappa shape index (κ2) is 8.41. The van der Waals surface area contributed by atoms with Crippen molar-refractivity contribution in [3.05, 3.63) is 29.8 Å². The van der Waals surface area contributed by atoms with Gasteiger partial charge in [-0.1, -0.05) is 13.8 Å². The Labute approximate surface area is 159 Å². The maximum atomic E-state index is 12.4. The molecule has 1 saturated heterocycles. The number of hydrogen-bond acceptors (Lipinski definition) is 3. The molecule has 2 aliphatic rings. The van der Waals surface area contributed by atoms with E-state index in [4.69, 9.17) is 0 Å². The second-order valence-corrected chi connectivity index (χ2v) is 7.68. The first-order valence-electron chi connectivity index (χ1n) is 9.69. The van der Waals surface area contributed by atoms with E-state index in [-0.39, 0.29) is 29.8 Å². The molecule has 0 unspecified atom stereocenters. The molecule has 1 aromatic rings. The summed E-state index contributed by atoms with van der Waals surface area (Å²) in [6, 6.07) is 7.04.